The summed E-state index contributed by atoms with van der Waals surface area (Å²) in [5.74, 6) is -0.437. The highest BCUT2D eigenvalue weighted by molar-refractivity contribution is 8.15. The number of ketones is 1. The molecule has 0 spiro atoms. The van der Waals surface area contributed by atoms with E-state index < -0.39 is 10.9 Å². The minimum atomic E-state index is -0.437. The summed E-state index contributed by atoms with van der Waals surface area (Å²) in [6.07, 6.45) is 0. The van der Waals surface area contributed by atoms with Gasteiger partial charge in [0, 0.05) is 10.8 Å². The van der Waals surface area contributed by atoms with Gasteiger partial charge in [-0.1, -0.05) is 72.4 Å². The van der Waals surface area contributed by atoms with Crippen molar-refractivity contribution in [2.45, 2.75) is 12.2 Å². The fourth-order valence-corrected chi connectivity index (χ4v) is 2.55. The monoisotopic (exact) mass is 270 g/mol. The Balaban J connectivity index is 2.04. The molecule has 96 valence electrons. The van der Waals surface area contributed by atoms with Crippen LogP contribution in [0.3, 0.4) is 0 Å². The smallest absolute Gasteiger partial charge is 0.260 e. The maximum absolute atomic E-state index is 11.9. The van der Waals surface area contributed by atoms with E-state index in [-0.39, 0.29) is 5.25 Å². The molecule has 0 saturated carbocycles. The molecule has 0 radical (unpaired) electrons. The van der Waals surface area contributed by atoms with Crippen molar-refractivity contribution in [3.8, 4) is 0 Å². The van der Waals surface area contributed by atoms with Gasteiger partial charge in [0.1, 0.15) is 0 Å². The lowest BCUT2D eigenvalue weighted by atomic mass is 10.1. The Labute approximate surface area is 116 Å². The molecule has 2 nitrogen and oxygen atoms in total. The van der Waals surface area contributed by atoms with Gasteiger partial charge in [0.15, 0.2) is 0 Å². The van der Waals surface area contributed by atoms with Crippen LogP contribution in [-0.4, -0.2) is 10.9 Å². The highest BCUT2D eigenvalue weighted by atomic mass is 32.2. The molecule has 0 aromatic heterocycles. The second kappa shape index (κ2) is 6.34. The minimum Gasteiger partial charge on any atom is -0.284 e. The average Bonchev–Trinajstić information content (AvgIpc) is 2.48. The zero-order valence-electron chi connectivity index (χ0n) is 10.6. The zero-order valence-corrected chi connectivity index (χ0v) is 11.4. The first kappa shape index (κ1) is 13.6. The van der Waals surface area contributed by atoms with Gasteiger partial charge in [0.05, 0.1) is 0 Å². The first-order chi connectivity index (χ1) is 9.18. The van der Waals surface area contributed by atoms with Gasteiger partial charge in [0.25, 0.3) is 5.12 Å². The van der Waals surface area contributed by atoms with Crippen molar-refractivity contribution in [2.24, 2.45) is 0 Å². The van der Waals surface area contributed by atoms with Gasteiger partial charge < -0.3 is 0 Å². The van der Waals surface area contributed by atoms with Crippen LogP contribution in [0.15, 0.2) is 60.7 Å². The van der Waals surface area contributed by atoms with Gasteiger partial charge in [-0.15, -0.1) is 0 Å². The Morgan fingerprint density at radius 3 is 2.00 bits per heavy atom. The van der Waals surface area contributed by atoms with Crippen LogP contribution in [0.2, 0.25) is 0 Å². The third kappa shape index (κ3) is 3.55. The number of Topliss-reactive ketones (excluding diaryl/α,β-unsaturated/α-hetero) is 1. The normalized spacial score (nSPS) is 11.8. The second-order valence-electron chi connectivity index (χ2n) is 4.15. The molecule has 0 aliphatic rings. The number of benzene rings is 2. The summed E-state index contributed by atoms with van der Waals surface area (Å²) >= 11 is 1.07. The van der Waals surface area contributed by atoms with Crippen molar-refractivity contribution < 1.29 is 9.59 Å². The first-order valence-electron chi connectivity index (χ1n) is 6.04. The van der Waals surface area contributed by atoms with Crippen molar-refractivity contribution in [1.29, 1.82) is 0 Å². The number of hydrogen-bond acceptors (Lipinski definition) is 3. The number of hydrogen-bond donors (Lipinski definition) is 0. The molecular formula is C16H14O2S. The maximum atomic E-state index is 11.9. The van der Waals surface area contributed by atoms with Crippen LogP contribution >= 0.6 is 11.8 Å². The lowest BCUT2D eigenvalue weighted by molar-refractivity contribution is -0.107. The van der Waals surface area contributed by atoms with Crippen LogP contribution in [-0.2, 0) is 4.79 Å². The van der Waals surface area contributed by atoms with Crippen LogP contribution in [0.5, 0.6) is 0 Å². The Bertz CT molecular complexity index is 564. The molecule has 0 amide bonds. The summed E-state index contributed by atoms with van der Waals surface area (Å²) in [5, 5.41) is -0.441. The molecule has 1 atom stereocenters. The van der Waals surface area contributed by atoms with E-state index in [4.69, 9.17) is 0 Å². The molecule has 2 rings (SSSR count). The Morgan fingerprint density at radius 1 is 0.895 bits per heavy atom. The SMILES string of the molecule is CC(SC(=O)C(=O)c1ccccc1)c1ccccc1. The summed E-state index contributed by atoms with van der Waals surface area (Å²) < 4.78 is 0. The molecule has 0 fully saturated rings. The molecular weight excluding hydrogens is 256 g/mol. The lowest BCUT2D eigenvalue weighted by Crippen LogP contribution is -2.11. The molecule has 0 aliphatic carbocycles. The van der Waals surface area contributed by atoms with Crippen LogP contribution in [0.25, 0.3) is 0 Å². The molecule has 0 N–H and O–H groups in total. The van der Waals surface area contributed by atoms with Gasteiger partial charge >= 0.3 is 0 Å². The second-order valence-corrected chi connectivity index (χ2v) is 5.47. The van der Waals surface area contributed by atoms with Crippen molar-refractivity contribution in [3.05, 3.63) is 71.8 Å². The summed E-state index contributed by atoms with van der Waals surface area (Å²) in [6, 6.07) is 18.3. The summed E-state index contributed by atoms with van der Waals surface area (Å²) in [6.45, 7) is 1.93. The van der Waals surface area contributed by atoms with E-state index in [1.807, 2.05) is 43.3 Å². The lowest BCUT2D eigenvalue weighted by Gasteiger charge is -2.09. The predicted molar refractivity (Wildman–Crippen MR) is 78.2 cm³/mol. The molecule has 0 bridgehead atoms. The molecule has 2 aromatic rings. The van der Waals surface area contributed by atoms with E-state index in [1.54, 1.807) is 24.3 Å². The molecule has 1 unspecified atom stereocenters. The number of rotatable bonds is 4. The number of carbonyl (C=O) groups excluding carboxylic acids is 2. The maximum Gasteiger partial charge on any atom is 0.260 e. The fourth-order valence-electron chi connectivity index (χ4n) is 1.71. The molecule has 0 aliphatic heterocycles. The van der Waals surface area contributed by atoms with E-state index in [2.05, 4.69) is 0 Å². The van der Waals surface area contributed by atoms with Gasteiger partial charge in [-0.05, 0) is 12.5 Å². The van der Waals surface area contributed by atoms with E-state index in [1.165, 1.54) is 0 Å². The Hall–Kier alpha value is -1.87. The van der Waals surface area contributed by atoms with E-state index in [0.717, 1.165) is 17.3 Å². The summed E-state index contributed by atoms with van der Waals surface area (Å²) in [4.78, 5) is 23.9. The van der Waals surface area contributed by atoms with Gasteiger partial charge in [0.2, 0.25) is 5.78 Å². The Kier molecular flexibility index (Phi) is 4.53. The molecule has 2 aromatic carbocycles. The first-order valence-corrected chi connectivity index (χ1v) is 6.92. The Morgan fingerprint density at radius 2 is 1.42 bits per heavy atom. The van der Waals surface area contributed by atoms with Crippen LogP contribution < -0.4 is 0 Å². The van der Waals surface area contributed by atoms with Crippen molar-refractivity contribution >= 4 is 22.7 Å². The number of carbonyl (C=O) groups is 2. The highest BCUT2D eigenvalue weighted by Gasteiger charge is 2.20. The van der Waals surface area contributed by atoms with Crippen LogP contribution in [0.1, 0.15) is 28.1 Å². The summed E-state index contributed by atoms with van der Waals surface area (Å²) in [5.41, 5.74) is 1.49. The van der Waals surface area contributed by atoms with Gasteiger partial charge in [-0.3, -0.25) is 9.59 Å². The topological polar surface area (TPSA) is 34.1 Å². The van der Waals surface area contributed by atoms with Crippen molar-refractivity contribution in [1.82, 2.24) is 0 Å². The van der Waals surface area contributed by atoms with E-state index in [9.17, 15) is 9.59 Å². The van der Waals surface area contributed by atoms with Crippen LogP contribution in [0, 0.1) is 0 Å². The molecule has 0 heterocycles. The average molecular weight is 270 g/mol. The molecule has 19 heavy (non-hydrogen) atoms. The quantitative estimate of drug-likeness (QED) is 0.624. The largest absolute Gasteiger partial charge is 0.284 e. The third-order valence-corrected chi connectivity index (χ3v) is 3.80. The van der Waals surface area contributed by atoms with E-state index >= 15 is 0 Å². The summed E-state index contributed by atoms with van der Waals surface area (Å²) in [7, 11) is 0. The zero-order chi connectivity index (χ0) is 13.7. The third-order valence-electron chi connectivity index (χ3n) is 2.77. The fraction of sp³-hybridized carbons (Fsp3) is 0.125. The number of thioether (sulfide) groups is 1. The van der Waals surface area contributed by atoms with Gasteiger partial charge in [-0.2, -0.15) is 0 Å². The standard InChI is InChI=1S/C16H14O2S/c1-12(13-8-4-2-5-9-13)19-16(18)15(17)14-10-6-3-7-11-14/h2-12H,1H3. The predicted octanol–water partition coefficient (Wildman–Crippen LogP) is 3.89. The van der Waals surface area contributed by atoms with Crippen molar-refractivity contribution in [3.63, 3.8) is 0 Å². The minimum absolute atomic E-state index is 0.0265. The van der Waals surface area contributed by atoms with E-state index in [0.29, 0.717) is 5.56 Å². The highest BCUT2D eigenvalue weighted by Crippen LogP contribution is 2.29. The molecule has 3 heteroatoms. The van der Waals surface area contributed by atoms with Gasteiger partial charge in [-0.25, -0.2) is 0 Å². The van der Waals surface area contributed by atoms with Crippen LogP contribution in [0.4, 0.5) is 0 Å². The molecule has 0 saturated heterocycles. The van der Waals surface area contributed by atoms with Crippen molar-refractivity contribution in [2.75, 3.05) is 0 Å².